The van der Waals surface area contributed by atoms with Crippen molar-refractivity contribution in [3.8, 4) is 0 Å². The third-order valence-electron chi connectivity index (χ3n) is 6.41. The number of amides is 1. The van der Waals surface area contributed by atoms with Crippen molar-refractivity contribution in [2.75, 3.05) is 13.1 Å². The minimum Gasteiger partial charge on any atom is -0.337 e. The Kier molecular flexibility index (Phi) is 2.70. The molecule has 0 aromatic rings. The molecule has 0 radical (unpaired) electrons. The first kappa shape index (κ1) is 12.2. The van der Waals surface area contributed by atoms with Crippen LogP contribution in [0.1, 0.15) is 51.4 Å². The number of carbonyl (C=O) groups is 1. The van der Waals surface area contributed by atoms with Crippen LogP contribution >= 0.6 is 0 Å². The van der Waals surface area contributed by atoms with Gasteiger partial charge in [-0.25, -0.2) is 0 Å². The normalized spacial score (nSPS) is 48.3. The Morgan fingerprint density at radius 3 is 2.21 bits per heavy atom. The van der Waals surface area contributed by atoms with Gasteiger partial charge in [0.15, 0.2) is 0 Å². The molecule has 1 atom stereocenters. The molecule has 5 fully saturated rings. The first-order chi connectivity index (χ1) is 9.20. The summed E-state index contributed by atoms with van der Waals surface area (Å²) in [7, 11) is 0. The molecule has 0 spiro atoms. The Morgan fingerprint density at radius 2 is 1.68 bits per heavy atom. The zero-order valence-corrected chi connectivity index (χ0v) is 11.8. The summed E-state index contributed by atoms with van der Waals surface area (Å²) in [4.78, 5) is 15.0. The zero-order valence-electron chi connectivity index (χ0n) is 11.8. The lowest BCUT2D eigenvalue weighted by molar-refractivity contribution is -0.147. The van der Waals surface area contributed by atoms with Crippen LogP contribution in [-0.4, -0.2) is 29.4 Å². The van der Waals surface area contributed by atoms with Gasteiger partial charge in [0.2, 0.25) is 5.91 Å². The van der Waals surface area contributed by atoms with Gasteiger partial charge in [-0.15, -0.1) is 0 Å². The molecule has 3 nitrogen and oxygen atoms in total. The summed E-state index contributed by atoms with van der Waals surface area (Å²) in [5.74, 6) is 3.44. The molecule has 1 heterocycles. The second kappa shape index (κ2) is 4.21. The van der Waals surface area contributed by atoms with Crippen LogP contribution in [0.25, 0.3) is 0 Å². The van der Waals surface area contributed by atoms with Crippen LogP contribution < -0.4 is 5.73 Å². The van der Waals surface area contributed by atoms with Crippen LogP contribution in [-0.2, 0) is 4.79 Å². The van der Waals surface area contributed by atoms with Gasteiger partial charge in [0.05, 0.1) is 0 Å². The first-order valence-electron chi connectivity index (χ1n) is 8.22. The summed E-state index contributed by atoms with van der Waals surface area (Å²) >= 11 is 0. The van der Waals surface area contributed by atoms with Crippen LogP contribution in [0, 0.1) is 23.7 Å². The maximum absolute atomic E-state index is 12.7. The molecule has 19 heavy (non-hydrogen) atoms. The summed E-state index contributed by atoms with van der Waals surface area (Å²) in [6, 6.07) is 0. The number of hydrogen-bond acceptors (Lipinski definition) is 2. The van der Waals surface area contributed by atoms with Crippen molar-refractivity contribution in [3.05, 3.63) is 0 Å². The highest BCUT2D eigenvalue weighted by Crippen LogP contribution is 2.58. The van der Waals surface area contributed by atoms with Gasteiger partial charge in [-0.3, -0.25) is 4.79 Å². The van der Waals surface area contributed by atoms with Crippen molar-refractivity contribution in [2.24, 2.45) is 29.4 Å². The lowest BCUT2D eigenvalue weighted by atomic mass is 9.52. The lowest BCUT2D eigenvalue weighted by Gasteiger charge is -2.60. The van der Waals surface area contributed by atoms with Gasteiger partial charge < -0.3 is 10.6 Å². The highest BCUT2D eigenvalue weighted by atomic mass is 16.2. The Bertz CT molecular complexity index is 357. The van der Waals surface area contributed by atoms with E-state index in [2.05, 4.69) is 4.90 Å². The maximum atomic E-state index is 12.7. The minimum absolute atomic E-state index is 0.234. The van der Waals surface area contributed by atoms with Gasteiger partial charge in [0.25, 0.3) is 0 Å². The Hall–Kier alpha value is -0.570. The van der Waals surface area contributed by atoms with E-state index >= 15 is 0 Å². The number of nitrogens with zero attached hydrogens (tertiary/aromatic N) is 1. The third kappa shape index (κ3) is 1.77. The molecule has 4 bridgehead atoms. The lowest BCUT2D eigenvalue weighted by Crippen LogP contribution is -2.60. The number of carbonyl (C=O) groups excluding carboxylic acids is 1. The molecular formula is C16H26N2O. The molecule has 1 saturated heterocycles. The van der Waals surface area contributed by atoms with Crippen molar-refractivity contribution in [2.45, 2.75) is 56.9 Å². The average Bonchev–Trinajstić information content (AvgIpc) is 2.70. The Morgan fingerprint density at radius 1 is 1.11 bits per heavy atom. The van der Waals surface area contributed by atoms with Crippen LogP contribution in [0.5, 0.6) is 0 Å². The molecule has 0 aromatic heterocycles. The monoisotopic (exact) mass is 262 g/mol. The van der Waals surface area contributed by atoms with Crippen LogP contribution in [0.4, 0.5) is 0 Å². The summed E-state index contributed by atoms with van der Waals surface area (Å²) in [6.45, 7) is 1.67. The fourth-order valence-electron chi connectivity index (χ4n) is 6.07. The summed E-state index contributed by atoms with van der Waals surface area (Å²) in [6.07, 6.45) is 10.2. The van der Waals surface area contributed by atoms with Crippen LogP contribution in [0.2, 0.25) is 0 Å². The largest absolute Gasteiger partial charge is 0.337 e. The smallest absolute Gasteiger partial charge is 0.226 e. The van der Waals surface area contributed by atoms with E-state index in [1.807, 2.05) is 0 Å². The topological polar surface area (TPSA) is 46.3 Å². The maximum Gasteiger partial charge on any atom is 0.226 e. The van der Waals surface area contributed by atoms with Gasteiger partial charge >= 0.3 is 0 Å². The van der Waals surface area contributed by atoms with Crippen molar-refractivity contribution in [1.82, 2.24) is 4.90 Å². The zero-order chi connectivity index (χ0) is 13.0. The molecule has 3 heteroatoms. The first-order valence-corrected chi connectivity index (χ1v) is 8.22. The van der Waals surface area contributed by atoms with E-state index in [1.165, 1.54) is 38.5 Å². The van der Waals surface area contributed by atoms with Gasteiger partial charge in [-0.05, 0) is 75.7 Å². The molecular weight excluding hydrogens is 236 g/mol. The number of hydrogen-bond donors (Lipinski definition) is 1. The van der Waals surface area contributed by atoms with Crippen molar-refractivity contribution >= 4 is 5.91 Å². The van der Waals surface area contributed by atoms with Crippen molar-refractivity contribution < 1.29 is 4.79 Å². The SMILES string of the molecule is NCCC1CCN(C23CC4CC(CC(C4)C2)C3)C1=O. The van der Waals surface area contributed by atoms with E-state index < -0.39 is 0 Å². The summed E-state index contributed by atoms with van der Waals surface area (Å²) in [5, 5.41) is 0. The molecule has 4 saturated carbocycles. The second-order valence-electron chi connectivity index (χ2n) is 7.69. The highest BCUT2D eigenvalue weighted by molar-refractivity contribution is 5.81. The molecule has 5 rings (SSSR count). The average molecular weight is 262 g/mol. The molecule has 0 aromatic carbocycles. The fraction of sp³-hybridized carbons (Fsp3) is 0.938. The van der Waals surface area contributed by atoms with E-state index in [0.717, 1.165) is 37.1 Å². The van der Waals surface area contributed by atoms with Gasteiger partial charge in [0.1, 0.15) is 0 Å². The molecule has 106 valence electrons. The quantitative estimate of drug-likeness (QED) is 0.847. The number of nitrogens with two attached hydrogens (primary N) is 1. The summed E-state index contributed by atoms with van der Waals surface area (Å²) < 4.78 is 0. The molecule has 1 aliphatic heterocycles. The van der Waals surface area contributed by atoms with Crippen molar-refractivity contribution in [1.29, 1.82) is 0 Å². The molecule has 1 unspecified atom stereocenters. The van der Waals surface area contributed by atoms with Gasteiger partial charge in [-0.1, -0.05) is 0 Å². The molecule has 1 amide bonds. The predicted octanol–water partition coefficient (Wildman–Crippen LogP) is 2.15. The second-order valence-corrected chi connectivity index (χ2v) is 7.69. The van der Waals surface area contributed by atoms with Gasteiger partial charge in [0, 0.05) is 18.0 Å². The van der Waals surface area contributed by atoms with E-state index in [-0.39, 0.29) is 11.5 Å². The molecule has 4 aliphatic carbocycles. The van der Waals surface area contributed by atoms with E-state index in [4.69, 9.17) is 5.73 Å². The highest BCUT2D eigenvalue weighted by Gasteiger charge is 2.56. The van der Waals surface area contributed by atoms with Crippen LogP contribution in [0.15, 0.2) is 0 Å². The minimum atomic E-state index is 0.234. The predicted molar refractivity (Wildman–Crippen MR) is 74.4 cm³/mol. The standard InChI is InChI=1S/C16H26N2O/c17-3-1-14-2-4-18(15(14)19)16-8-11-5-12(9-16)7-13(6-11)10-16/h11-14H,1-10,17H2. The number of likely N-dealkylation sites (tertiary alicyclic amines) is 1. The van der Waals surface area contributed by atoms with E-state index in [1.54, 1.807) is 0 Å². The Labute approximate surface area is 115 Å². The molecule has 2 N–H and O–H groups in total. The third-order valence-corrected chi connectivity index (χ3v) is 6.41. The fourth-order valence-corrected chi connectivity index (χ4v) is 6.07. The Balaban J connectivity index is 1.57. The van der Waals surface area contributed by atoms with Crippen LogP contribution in [0.3, 0.4) is 0 Å². The summed E-state index contributed by atoms with van der Waals surface area (Å²) in [5.41, 5.74) is 5.92. The number of rotatable bonds is 3. The van der Waals surface area contributed by atoms with Gasteiger partial charge in [-0.2, -0.15) is 0 Å². The van der Waals surface area contributed by atoms with Crippen molar-refractivity contribution in [3.63, 3.8) is 0 Å². The van der Waals surface area contributed by atoms with E-state index in [0.29, 0.717) is 12.5 Å². The van der Waals surface area contributed by atoms with E-state index in [9.17, 15) is 4.79 Å². The molecule has 5 aliphatic rings.